The Hall–Kier alpha value is -2.54. The standard InChI is InChI=1S/C18H22N2O4S/c1-3-25(22,23)20-16-10-8-15(9-11-16)18(21)19-12-13-24-17-7-5-4-6-14(17)2/h4-11,20H,3,12-13H2,1-2H3,(H,19,21). The van der Waals surface area contributed by atoms with Crippen LogP contribution < -0.4 is 14.8 Å². The molecule has 0 radical (unpaired) electrons. The van der Waals surface area contributed by atoms with Gasteiger partial charge in [0.15, 0.2) is 0 Å². The van der Waals surface area contributed by atoms with Crippen LogP contribution in [0.1, 0.15) is 22.8 Å². The highest BCUT2D eigenvalue weighted by Gasteiger charge is 2.09. The first kappa shape index (κ1) is 18.8. The van der Waals surface area contributed by atoms with Crippen molar-refractivity contribution in [3.8, 4) is 5.75 Å². The SMILES string of the molecule is CCS(=O)(=O)Nc1ccc(C(=O)NCCOc2ccccc2C)cc1. The molecule has 6 nitrogen and oxygen atoms in total. The average Bonchev–Trinajstić information content (AvgIpc) is 2.60. The van der Waals surface area contributed by atoms with Crippen molar-refractivity contribution in [2.45, 2.75) is 13.8 Å². The van der Waals surface area contributed by atoms with E-state index in [4.69, 9.17) is 4.74 Å². The number of carbonyl (C=O) groups is 1. The van der Waals surface area contributed by atoms with Gasteiger partial charge < -0.3 is 10.1 Å². The maximum absolute atomic E-state index is 12.1. The molecule has 0 fully saturated rings. The number of carbonyl (C=O) groups excluding carboxylic acids is 1. The zero-order valence-corrected chi connectivity index (χ0v) is 15.1. The molecular weight excluding hydrogens is 340 g/mol. The fourth-order valence-electron chi connectivity index (χ4n) is 2.09. The van der Waals surface area contributed by atoms with Gasteiger partial charge in [-0.3, -0.25) is 9.52 Å². The van der Waals surface area contributed by atoms with E-state index in [2.05, 4.69) is 10.0 Å². The maximum Gasteiger partial charge on any atom is 0.251 e. The number of anilines is 1. The predicted octanol–water partition coefficient (Wildman–Crippen LogP) is 2.57. The van der Waals surface area contributed by atoms with Gasteiger partial charge in [0.2, 0.25) is 10.0 Å². The third kappa shape index (κ3) is 5.79. The zero-order valence-electron chi connectivity index (χ0n) is 14.3. The van der Waals surface area contributed by atoms with Crippen LogP contribution in [0.5, 0.6) is 5.75 Å². The first-order valence-electron chi connectivity index (χ1n) is 7.98. The van der Waals surface area contributed by atoms with Crippen LogP contribution in [0.2, 0.25) is 0 Å². The third-order valence-corrected chi connectivity index (χ3v) is 4.85. The summed E-state index contributed by atoms with van der Waals surface area (Å²) < 4.78 is 31.0. The summed E-state index contributed by atoms with van der Waals surface area (Å²) in [5.74, 6) is 0.554. The van der Waals surface area contributed by atoms with Crippen LogP contribution in [-0.2, 0) is 10.0 Å². The molecule has 2 aromatic carbocycles. The van der Waals surface area contributed by atoms with Crippen LogP contribution in [0.3, 0.4) is 0 Å². The normalized spacial score (nSPS) is 11.0. The Kier molecular flexibility index (Phi) is 6.41. The number of nitrogens with one attached hydrogen (secondary N) is 2. The Bertz CT molecular complexity index is 817. The molecule has 0 bridgehead atoms. The number of sulfonamides is 1. The van der Waals surface area contributed by atoms with Gasteiger partial charge >= 0.3 is 0 Å². The van der Waals surface area contributed by atoms with Crippen LogP contribution >= 0.6 is 0 Å². The lowest BCUT2D eigenvalue weighted by molar-refractivity contribution is 0.0947. The molecule has 0 atom stereocenters. The topological polar surface area (TPSA) is 84.5 Å². The van der Waals surface area contributed by atoms with E-state index < -0.39 is 10.0 Å². The summed E-state index contributed by atoms with van der Waals surface area (Å²) in [5, 5.41) is 2.76. The van der Waals surface area contributed by atoms with Crippen molar-refractivity contribution in [2.75, 3.05) is 23.6 Å². The first-order chi connectivity index (χ1) is 11.9. The van der Waals surface area contributed by atoms with Gasteiger partial charge in [-0.1, -0.05) is 18.2 Å². The Morgan fingerprint density at radius 1 is 1.08 bits per heavy atom. The van der Waals surface area contributed by atoms with Crippen LogP contribution in [0.4, 0.5) is 5.69 Å². The minimum atomic E-state index is -3.32. The molecule has 2 aromatic rings. The lowest BCUT2D eigenvalue weighted by Gasteiger charge is -2.10. The Morgan fingerprint density at radius 2 is 1.76 bits per heavy atom. The van der Waals surface area contributed by atoms with E-state index in [1.807, 2.05) is 31.2 Å². The smallest absolute Gasteiger partial charge is 0.251 e. The lowest BCUT2D eigenvalue weighted by Crippen LogP contribution is -2.28. The maximum atomic E-state index is 12.1. The van der Waals surface area contributed by atoms with Gasteiger partial charge in [0, 0.05) is 11.3 Å². The van der Waals surface area contributed by atoms with Crippen LogP contribution in [0.15, 0.2) is 48.5 Å². The summed E-state index contributed by atoms with van der Waals surface area (Å²) in [4.78, 5) is 12.1. The second-order valence-electron chi connectivity index (χ2n) is 5.45. The van der Waals surface area contributed by atoms with Crippen molar-refractivity contribution in [1.29, 1.82) is 0 Å². The second kappa shape index (κ2) is 8.53. The van der Waals surface area contributed by atoms with E-state index in [0.717, 1.165) is 11.3 Å². The summed E-state index contributed by atoms with van der Waals surface area (Å²) in [7, 11) is -3.32. The molecule has 25 heavy (non-hydrogen) atoms. The molecule has 0 saturated carbocycles. The summed E-state index contributed by atoms with van der Waals surface area (Å²) in [6, 6.07) is 14.0. The van der Waals surface area contributed by atoms with E-state index in [9.17, 15) is 13.2 Å². The molecule has 134 valence electrons. The van der Waals surface area contributed by atoms with Gasteiger partial charge in [-0.2, -0.15) is 0 Å². The summed E-state index contributed by atoms with van der Waals surface area (Å²) in [5.41, 5.74) is 1.93. The number of ether oxygens (including phenoxy) is 1. The highest BCUT2D eigenvalue weighted by molar-refractivity contribution is 7.92. The fourth-order valence-corrected chi connectivity index (χ4v) is 2.73. The molecule has 2 N–H and O–H groups in total. The van der Waals surface area contributed by atoms with E-state index >= 15 is 0 Å². The van der Waals surface area contributed by atoms with Crippen molar-refractivity contribution in [3.63, 3.8) is 0 Å². The van der Waals surface area contributed by atoms with E-state index in [0.29, 0.717) is 24.4 Å². The predicted molar refractivity (Wildman–Crippen MR) is 98.5 cm³/mol. The number of hydrogen-bond donors (Lipinski definition) is 2. The first-order valence-corrected chi connectivity index (χ1v) is 9.63. The largest absolute Gasteiger partial charge is 0.491 e. The van der Waals surface area contributed by atoms with Crippen LogP contribution in [0.25, 0.3) is 0 Å². The molecule has 0 aliphatic carbocycles. The van der Waals surface area contributed by atoms with Crippen molar-refractivity contribution in [3.05, 3.63) is 59.7 Å². The molecule has 1 amide bonds. The number of amides is 1. The van der Waals surface area contributed by atoms with Crippen molar-refractivity contribution < 1.29 is 17.9 Å². The quantitative estimate of drug-likeness (QED) is 0.707. The molecule has 0 aromatic heterocycles. The number of hydrogen-bond acceptors (Lipinski definition) is 4. The average molecular weight is 362 g/mol. The molecule has 0 aliphatic heterocycles. The second-order valence-corrected chi connectivity index (χ2v) is 7.46. The third-order valence-electron chi connectivity index (χ3n) is 3.54. The molecule has 0 aliphatic rings. The van der Waals surface area contributed by atoms with Gasteiger partial charge in [0.1, 0.15) is 12.4 Å². The molecule has 0 spiro atoms. The van der Waals surface area contributed by atoms with Crippen LogP contribution in [-0.4, -0.2) is 33.2 Å². The number of rotatable bonds is 8. The molecular formula is C18H22N2O4S. The van der Waals surface area contributed by atoms with Crippen LogP contribution in [0, 0.1) is 6.92 Å². The van der Waals surface area contributed by atoms with Gasteiger partial charge in [0.25, 0.3) is 5.91 Å². The Labute approximate surface area is 148 Å². The summed E-state index contributed by atoms with van der Waals surface area (Å²) in [6.07, 6.45) is 0. The van der Waals surface area contributed by atoms with E-state index in [-0.39, 0.29) is 11.7 Å². The highest BCUT2D eigenvalue weighted by Crippen LogP contribution is 2.15. The molecule has 2 rings (SSSR count). The van der Waals surface area contributed by atoms with Gasteiger partial charge in [-0.25, -0.2) is 8.42 Å². The fraction of sp³-hybridized carbons (Fsp3) is 0.278. The molecule has 0 heterocycles. The van der Waals surface area contributed by atoms with E-state index in [1.165, 1.54) is 0 Å². The highest BCUT2D eigenvalue weighted by atomic mass is 32.2. The van der Waals surface area contributed by atoms with Crippen molar-refractivity contribution in [1.82, 2.24) is 5.32 Å². The molecule has 0 unspecified atom stereocenters. The zero-order chi connectivity index (χ0) is 18.3. The summed E-state index contributed by atoms with van der Waals surface area (Å²) >= 11 is 0. The lowest BCUT2D eigenvalue weighted by atomic mass is 10.2. The summed E-state index contributed by atoms with van der Waals surface area (Å²) in [6.45, 7) is 4.26. The minimum Gasteiger partial charge on any atom is -0.491 e. The number of aryl methyl sites for hydroxylation is 1. The number of para-hydroxylation sites is 1. The Morgan fingerprint density at radius 3 is 2.40 bits per heavy atom. The molecule has 7 heteroatoms. The Balaban J connectivity index is 1.82. The van der Waals surface area contributed by atoms with Gasteiger partial charge in [0.05, 0.1) is 12.3 Å². The monoisotopic (exact) mass is 362 g/mol. The minimum absolute atomic E-state index is 0.00384. The van der Waals surface area contributed by atoms with E-state index in [1.54, 1.807) is 31.2 Å². The van der Waals surface area contributed by atoms with Crippen molar-refractivity contribution in [2.24, 2.45) is 0 Å². The van der Waals surface area contributed by atoms with Gasteiger partial charge in [-0.05, 0) is 49.7 Å². The molecule has 0 saturated heterocycles. The number of benzene rings is 2. The van der Waals surface area contributed by atoms with Gasteiger partial charge in [-0.15, -0.1) is 0 Å². The van der Waals surface area contributed by atoms with Crippen molar-refractivity contribution >= 4 is 21.6 Å².